The van der Waals surface area contributed by atoms with Crippen LogP contribution < -0.4 is 10.1 Å². The first-order valence-corrected chi connectivity index (χ1v) is 8.94. The minimum absolute atomic E-state index is 0.592. The van der Waals surface area contributed by atoms with Gasteiger partial charge in [0.2, 0.25) is 0 Å². The van der Waals surface area contributed by atoms with E-state index in [1.165, 1.54) is 27.8 Å². The molecule has 1 aromatic heterocycles. The Morgan fingerprint density at radius 3 is 2.67 bits per heavy atom. The van der Waals surface area contributed by atoms with Crippen molar-refractivity contribution >= 4 is 5.57 Å². The fourth-order valence-electron chi connectivity index (χ4n) is 3.36. The smallest absolute Gasteiger partial charge is 0.127 e. The Labute approximate surface area is 144 Å². The summed E-state index contributed by atoms with van der Waals surface area (Å²) in [6, 6.07) is 10.6. The van der Waals surface area contributed by atoms with Crippen LogP contribution in [-0.4, -0.2) is 18.1 Å². The molecule has 1 aromatic carbocycles. The molecule has 1 saturated heterocycles. The number of rotatable bonds is 0. The third kappa shape index (κ3) is 3.22. The van der Waals surface area contributed by atoms with Crippen LogP contribution in [-0.2, 0) is 6.61 Å². The lowest BCUT2D eigenvalue weighted by Crippen LogP contribution is -2.24. The van der Waals surface area contributed by atoms with Crippen molar-refractivity contribution in [1.82, 2.24) is 10.3 Å². The summed E-state index contributed by atoms with van der Waals surface area (Å²) < 4.78 is 6.09. The van der Waals surface area contributed by atoms with Crippen LogP contribution in [0, 0.1) is 6.92 Å². The fourth-order valence-corrected chi connectivity index (χ4v) is 3.36. The first-order valence-electron chi connectivity index (χ1n) is 8.94. The van der Waals surface area contributed by atoms with E-state index in [1.54, 1.807) is 0 Å². The average Bonchev–Trinajstić information content (AvgIpc) is 2.81. The predicted octanol–water partition coefficient (Wildman–Crippen LogP) is 4.49. The van der Waals surface area contributed by atoms with Gasteiger partial charge in [0, 0.05) is 22.9 Å². The van der Waals surface area contributed by atoms with E-state index in [0.717, 1.165) is 37.4 Å². The van der Waals surface area contributed by atoms with Gasteiger partial charge in [0.05, 0.1) is 5.69 Å². The second-order valence-electron chi connectivity index (χ2n) is 6.03. The quantitative estimate of drug-likeness (QED) is 0.776. The van der Waals surface area contributed by atoms with Gasteiger partial charge in [0.15, 0.2) is 0 Å². The number of nitrogens with one attached hydrogen (secondary N) is 1. The van der Waals surface area contributed by atoms with Crippen LogP contribution in [0.5, 0.6) is 5.75 Å². The molecular weight excluding hydrogens is 296 g/mol. The van der Waals surface area contributed by atoms with Gasteiger partial charge in [-0.15, -0.1) is 0 Å². The maximum Gasteiger partial charge on any atom is 0.127 e. The number of aromatic nitrogens is 1. The summed E-state index contributed by atoms with van der Waals surface area (Å²) in [6.45, 7) is 8.79. The number of fused-ring (bicyclic) bond motifs is 2. The van der Waals surface area contributed by atoms with E-state index >= 15 is 0 Å². The number of piperidine rings is 1. The van der Waals surface area contributed by atoms with Crippen molar-refractivity contribution in [1.29, 1.82) is 0 Å². The molecule has 126 valence electrons. The molecule has 0 saturated carbocycles. The fraction of sp³-hybridized carbons (Fsp3) is 0.381. The normalized spacial score (nSPS) is 16.1. The standard InChI is InChI=1S/C19H20N2O.C2H6/c1-13-4-5-16-17(11-13)22-12-15-3-2-8-21-19(15)18(16)14-6-9-20-10-7-14;1-2/h2-5,8,11,20H,6-7,9-10,12H2,1H3;1-2H3. The van der Waals surface area contributed by atoms with E-state index in [-0.39, 0.29) is 0 Å². The van der Waals surface area contributed by atoms with Crippen LogP contribution in [0.4, 0.5) is 0 Å². The van der Waals surface area contributed by atoms with Gasteiger partial charge in [-0.25, -0.2) is 0 Å². The minimum atomic E-state index is 0.592. The van der Waals surface area contributed by atoms with Gasteiger partial charge in [0.1, 0.15) is 12.4 Å². The highest BCUT2D eigenvalue weighted by molar-refractivity contribution is 5.85. The van der Waals surface area contributed by atoms with Crippen LogP contribution in [0.3, 0.4) is 0 Å². The Balaban J connectivity index is 0.000000815. The molecule has 3 heteroatoms. The zero-order chi connectivity index (χ0) is 16.9. The molecule has 0 atom stereocenters. The van der Waals surface area contributed by atoms with Crippen molar-refractivity contribution in [3.8, 4) is 5.75 Å². The Morgan fingerprint density at radius 1 is 1.08 bits per heavy atom. The number of hydrogen-bond acceptors (Lipinski definition) is 3. The molecule has 2 aliphatic rings. The molecule has 1 fully saturated rings. The Bertz CT molecular complexity index is 741. The van der Waals surface area contributed by atoms with Crippen molar-refractivity contribution in [3.05, 3.63) is 64.5 Å². The molecule has 2 aliphatic heterocycles. The molecule has 2 aromatic rings. The van der Waals surface area contributed by atoms with E-state index in [9.17, 15) is 0 Å². The maximum atomic E-state index is 6.09. The zero-order valence-electron chi connectivity index (χ0n) is 14.9. The Morgan fingerprint density at radius 2 is 1.88 bits per heavy atom. The van der Waals surface area contributed by atoms with Crippen LogP contribution in [0.25, 0.3) is 5.57 Å². The average molecular weight is 322 g/mol. The van der Waals surface area contributed by atoms with Gasteiger partial charge in [-0.3, -0.25) is 4.98 Å². The molecular formula is C21H26N2O. The second kappa shape index (κ2) is 7.63. The van der Waals surface area contributed by atoms with Crippen LogP contribution >= 0.6 is 0 Å². The molecule has 1 N–H and O–H groups in total. The van der Waals surface area contributed by atoms with Crippen molar-refractivity contribution in [2.75, 3.05) is 13.1 Å². The number of pyridine rings is 1. The lowest BCUT2D eigenvalue weighted by Gasteiger charge is -2.21. The number of hydrogen-bond donors (Lipinski definition) is 1. The molecule has 3 nitrogen and oxygen atoms in total. The predicted molar refractivity (Wildman–Crippen MR) is 99.2 cm³/mol. The summed E-state index contributed by atoms with van der Waals surface area (Å²) in [7, 11) is 0. The number of benzene rings is 1. The summed E-state index contributed by atoms with van der Waals surface area (Å²) in [5.74, 6) is 0.985. The van der Waals surface area contributed by atoms with Gasteiger partial charge in [-0.05, 0) is 50.6 Å². The summed E-state index contributed by atoms with van der Waals surface area (Å²) in [6.07, 6.45) is 4.05. The molecule has 3 heterocycles. The highest BCUT2D eigenvalue weighted by Crippen LogP contribution is 2.39. The van der Waals surface area contributed by atoms with Crippen LogP contribution in [0.2, 0.25) is 0 Å². The van der Waals surface area contributed by atoms with E-state index in [0.29, 0.717) is 6.61 Å². The maximum absolute atomic E-state index is 6.09. The first-order chi connectivity index (χ1) is 11.8. The van der Waals surface area contributed by atoms with Crippen LogP contribution in [0.15, 0.2) is 42.1 Å². The Kier molecular flexibility index (Phi) is 5.31. The first kappa shape index (κ1) is 16.7. The zero-order valence-corrected chi connectivity index (χ0v) is 14.9. The number of aryl methyl sites for hydroxylation is 1. The van der Waals surface area contributed by atoms with E-state index < -0.39 is 0 Å². The van der Waals surface area contributed by atoms with Crippen molar-refractivity contribution < 1.29 is 4.74 Å². The van der Waals surface area contributed by atoms with Crippen molar-refractivity contribution in [2.45, 2.75) is 40.2 Å². The minimum Gasteiger partial charge on any atom is -0.488 e. The van der Waals surface area contributed by atoms with Gasteiger partial charge >= 0.3 is 0 Å². The molecule has 24 heavy (non-hydrogen) atoms. The van der Waals surface area contributed by atoms with Crippen molar-refractivity contribution in [3.63, 3.8) is 0 Å². The van der Waals surface area contributed by atoms with Gasteiger partial charge < -0.3 is 10.1 Å². The van der Waals surface area contributed by atoms with Gasteiger partial charge in [-0.2, -0.15) is 0 Å². The Hall–Kier alpha value is -2.13. The summed E-state index contributed by atoms with van der Waals surface area (Å²) in [5, 5.41) is 3.44. The summed E-state index contributed by atoms with van der Waals surface area (Å²) >= 11 is 0. The molecule has 0 radical (unpaired) electrons. The second-order valence-corrected chi connectivity index (χ2v) is 6.03. The lowest BCUT2D eigenvalue weighted by atomic mass is 9.89. The molecule has 0 spiro atoms. The van der Waals surface area contributed by atoms with E-state index in [1.807, 2.05) is 26.1 Å². The largest absolute Gasteiger partial charge is 0.488 e. The van der Waals surface area contributed by atoms with Gasteiger partial charge in [0.25, 0.3) is 0 Å². The van der Waals surface area contributed by atoms with E-state index in [2.05, 4.69) is 36.5 Å². The van der Waals surface area contributed by atoms with E-state index in [4.69, 9.17) is 9.72 Å². The monoisotopic (exact) mass is 322 g/mol. The molecule has 0 aliphatic carbocycles. The number of ether oxygens (including phenoxy) is 1. The van der Waals surface area contributed by atoms with Crippen LogP contribution in [0.1, 0.15) is 49.1 Å². The molecule has 0 bridgehead atoms. The molecule has 0 amide bonds. The SMILES string of the molecule is CC.Cc1ccc2c(c1)OCc1cccnc1C2=C1CCNCC1. The molecule has 4 rings (SSSR count). The lowest BCUT2D eigenvalue weighted by molar-refractivity contribution is 0.306. The highest BCUT2D eigenvalue weighted by Gasteiger charge is 2.24. The molecule has 0 unspecified atom stereocenters. The number of nitrogens with zero attached hydrogens (tertiary/aromatic N) is 1. The highest BCUT2D eigenvalue weighted by atomic mass is 16.5. The van der Waals surface area contributed by atoms with Crippen molar-refractivity contribution in [2.24, 2.45) is 0 Å². The van der Waals surface area contributed by atoms with Gasteiger partial charge in [-0.1, -0.05) is 37.6 Å². The topological polar surface area (TPSA) is 34.1 Å². The summed E-state index contributed by atoms with van der Waals surface area (Å²) in [4.78, 5) is 4.70. The third-order valence-electron chi connectivity index (χ3n) is 4.48. The summed E-state index contributed by atoms with van der Waals surface area (Å²) in [5.41, 5.74) is 7.49. The third-order valence-corrected chi connectivity index (χ3v) is 4.48.